The van der Waals surface area contributed by atoms with Gasteiger partial charge in [0.25, 0.3) is 0 Å². The number of para-hydroxylation sites is 1. The van der Waals surface area contributed by atoms with Crippen LogP contribution >= 0.6 is 0 Å². The molecule has 0 fully saturated rings. The van der Waals surface area contributed by atoms with E-state index in [1.165, 1.54) is 6.21 Å². The Labute approximate surface area is 148 Å². The molecule has 3 aromatic rings. The smallest absolute Gasteiger partial charge is 0.182 e. The van der Waals surface area contributed by atoms with Gasteiger partial charge in [0.2, 0.25) is 0 Å². The summed E-state index contributed by atoms with van der Waals surface area (Å²) < 4.78 is 0. The summed E-state index contributed by atoms with van der Waals surface area (Å²) in [4.78, 5) is 8.63. The van der Waals surface area contributed by atoms with E-state index >= 15 is 0 Å². The van der Waals surface area contributed by atoms with Gasteiger partial charge in [-0.15, -0.1) is 0 Å². The molecule has 138 valence electrons. The van der Waals surface area contributed by atoms with Gasteiger partial charge in [-0.05, 0) is 12.1 Å². The lowest BCUT2D eigenvalue weighted by atomic mass is 10.0. The molecule has 9 heteroatoms. The average molecular weight is 360 g/mol. The maximum atomic E-state index is 9.88. The van der Waals surface area contributed by atoms with Gasteiger partial charge in [-0.3, -0.25) is 5.10 Å². The second-order valence-corrected chi connectivity index (χ2v) is 5.97. The number of pyridine rings is 1. The first-order valence-corrected chi connectivity index (χ1v) is 8.10. The minimum atomic E-state index is -1.66. The molecule has 1 aromatic carbocycles. The van der Waals surface area contributed by atoms with E-state index in [0.29, 0.717) is 16.9 Å². The molecule has 3 rings (SSSR count). The number of hydrogen-bond donors (Lipinski definition) is 6. The number of benzene rings is 1. The molecule has 26 heavy (non-hydrogen) atoms. The zero-order valence-electron chi connectivity index (χ0n) is 13.8. The number of fused-ring (bicyclic) bond motifs is 2. The fourth-order valence-corrected chi connectivity index (χ4v) is 2.59. The van der Waals surface area contributed by atoms with Crippen molar-refractivity contribution >= 4 is 34.0 Å². The second-order valence-electron chi connectivity index (χ2n) is 5.97. The number of hydrogen-bond acceptors (Lipinski definition) is 8. The maximum Gasteiger partial charge on any atom is 0.182 e. The summed E-state index contributed by atoms with van der Waals surface area (Å²) in [5.41, 5.74) is 1.41. The number of nitrogens with one attached hydrogen (secondary N) is 1. The van der Waals surface area contributed by atoms with E-state index < -0.39 is 31.0 Å². The van der Waals surface area contributed by atoms with E-state index in [1.54, 1.807) is 0 Å². The highest BCUT2D eigenvalue weighted by Gasteiger charge is 2.29. The van der Waals surface area contributed by atoms with E-state index in [2.05, 4.69) is 20.2 Å². The minimum Gasteiger partial charge on any atom is -0.394 e. The first-order valence-electron chi connectivity index (χ1n) is 8.10. The van der Waals surface area contributed by atoms with Crippen molar-refractivity contribution in [1.82, 2.24) is 15.2 Å². The van der Waals surface area contributed by atoms with Gasteiger partial charge in [0.15, 0.2) is 11.5 Å². The van der Waals surface area contributed by atoms with Gasteiger partial charge in [-0.1, -0.05) is 18.2 Å². The van der Waals surface area contributed by atoms with Crippen LogP contribution in [0.2, 0.25) is 0 Å². The fraction of sp³-hybridized carbons (Fsp3) is 0.353. The van der Waals surface area contributed by atoms with Crippen molar-refractivity contribution in [1.29, 1.82) is 0 Å². The normalized spacial score (nSPS) is 17.0. The molecule has 4 atom stereocenters. The Kier molecular flexibility index (Phi) is 5.55. The third kappa shape index (κ3) is 3.71. The zero-order chi connectivity index (χ0) is 18.7. The van der Waals surface area contributed by atoms with Gasteiger partial charge < -0.3 is 25.5 Å². The molecule has 0 aliphatic carbocycles. The predicted molar refractivity (Wildman–Crippen MR) is 95.3 cm³/mol. The summed E-state index contributed by atoms with van der Waals surface area (Å²) in [5.74, 6) is 0.385. The van der Waals surface area contributed by atoms with E-state index in [-0.39, 0.29) is 6.42 Å². The SMILES string of the molecule is OC[C@@H](O)[C@@H](O)[C@H](O)[C@@H](O)CC=Nc1n[nH]c2nc3ccccc3cc12. The van der Waals surface area contributed by atoms with Crippen LogP contribution in [0.1, 0.15) is 6.42 Å². The molecule has 0 spiro atoms. The quantitative estimate of drug-likeness (QED) is 0.314. The van der Waals surface area contributed by atoms with Gasteiger partial charge in [0.05, 0.1) is 23.6 Å². The molecule has 0 aliphatic rings. The number of nitrogens with zero attached hydrogens (tertiary/aromatic N) is 3. The van der Waals surface area contributed by atoms with Crippen molar-refractivity contribution in [3.8, 4) is 0 Å². The summed E-state index contributed by atoms with van der Waals surface area (Å²) in [7, 11) is 0. The third-order valence-corrected chi connectivity index (χ3v) is 4.12. The van der Waals surface area contributed by atoms with Crippen LogP contribution in [-0.2, 0) is 0 Å². The van der Waals surface area contributed by atoms with Gasteiger partial charge in [0.1, 0.15) is 18.3 Å². The number of aliphatic hydroxyl groups excluding tert-OH is 5. The monoisotopic (exact) mass is 360 g/mol. The van der Waals surface area contributed by atoms with Crippen molar-refractivity contribution in [3.05, 3.63) is 30.3 Å². The second kappa shape index (κ2) is 7.85. The van der Waals surface area contributed by atoms with Crippen molar-refractivity contribution in [2.24, 2.45) is 4.99 Å². The van der Waals surface area contributed by atoms with Crippen molar-refractivity contribution in [3.63, 3.8) is 0 Å². The number of rotatable bonds is 7. The minimum absolute atomic E-state index is 0.0776. The van der Waals surface area contributed by atoms with Crippen molar-refractivity contribution in [2.45, 2.75) is 30.8 Å². The highest BCUT2D eigenvalue weighted by molar-refractivity contribution is 5.96. The summed E-state index contributed by atoms with van der Waals surface area (Å²) in [6, 6.07) is 9.52. The number of H-pyrrole nitrogens is 1. The molecule has 0 saturated heterocycles. The van der Waals surface area contributed by atoms with E-state index in [1.807, 2.05) is 30.3 Å². The molecular formula is C17H20N4O5. The van der Waals surface area contributed by atoms with Crippen LogP contribution in [0.15, 0.2) is 35.3 Å². The van der Waals surface area contributed by atoms with Crippen LogP contribution in [0, 0.1) is 0 Å². The first-order chi connectivity index (χ1) is 12.5. The molecule has 2 heterocycles. The van der Waals surface area contributed by atoms with E-state index in [9.17, 15) is 20.4 Å². The first kappa shape index (κ1) is 18.4. The Bertz CT molecular complexity index is 912. The average Bonchev–Trinajstić information content (AvgIpc) is 3.06. The molecule has 2 aromatic heterocycles. The maximum absolute atomic E-state index is 9.88. The lowest BCUT2D eigenvalue weighted by Gasteiger charge is -2.24. The molecule has 9 nitrogen and oxygen atoms in total. The molecule has 0 amide bonds. The lowest BCUT2D eigenvalue weighted by Crippen LogP contribution is -2.45. The largest absolute Gasteiger partial charge is 0.394 e. The summed E-state index contributed by atoms with van der Waals surface area (Å²) in [5, 5.41) is 55.8. The van der Waals surface area contributed by atoms with Crippen molar-refractivity contribution < 1.29 is 25.5 Å². The highest BCUT2D eigenvalue weighted by atomic mass is 16.4. The van der Waals surface area contributed by atoms with Crippen LogP contribution in [0.4, 0.5) is 5.82 Å². The van der Waals surface area contributed by atoms with Crippen molar-refractivity contribution in [2.75, 3.05) is 6.61 Å². The number of aliphatic hydroxyl groups is 5. The highest BCUT2D eigenvalue weighted by Crippen LogP contribution is 2.25. The van der Waals surface area contributed by atoms with Gasteiger partial charge >= 0.3 is 0 Å². The van der Waals surface area contributed by atoms with Crippen LogP contribution in [0.5, 0.6) is 0 Å². The molecule has 6 N–H and O–H groups in total. The zero-order valence-corrected chi connectivity index (χ0v) is 13.8. The number of aromatic nitrogens is 3. The molecule has 0 aliphatic heterocycles. The Morgan fingerprint density at radius 2 is 1.81 bits per heavy atom. The van der Waals surface area contributed by atoms with Gasteiger partial charge in [-0.2, -0.15) is 5.10 Å². The Balaban J connectivity index is 1.73. The molecule has 0 saturated carbocycles. The lowest BCUT2D eigenvalue weighted by molar-refractivity contribution is -0.112. The molecule has 0 unspecified atom stereocenters. The fourth-order valence-electron chi connectivity index (χ4n) is 2.59. The van der Waals surface area contributed by atoms with E-state index in [4.69, 9.17) is 5.11 Å². The Morgan fingerprint density at radius 3 is 2.58 bits per heavy atom. The van der Waals surface area contributed by atoms with Crippen LogP contribution in [-0.4, -0.2) is 78.0 Å². The number of aliphatic imine (C=N–C) groups is 1. The molecular weight excluding hydrogens is 340 g/mol. The molecule has 0 bridgehead atoms. The number of aromatic amines is 1. The third-order valence-electron chi connectivity index (χ3n) is 4.12. The summed E-state index contributed by atoms with van der Waals surface area (Å²) in [6.45, 7) is -0.723. The van der Waals surface area contributed by atoms with Gasteiger partial charge in [-0.25, -0.2) is 9.98 Å². The molecule has 0 radical (unpaired) electrons. The summed E-state index contributed by atoms with van der Waals surface area (Å²) >= 11 is 0. The summed E-state index contributed by atoms with van der Waals surface area (Å²) in [6.07, 6.45) is -4.90. The van der Waals surface area contributed by atoms with Crippen LogP contribution < -0.4 is 0 Å². The predicted octanol–water partition coefficient (Wildman–Crippen LogP) is -0.361. The van der Waals surface area contributed by atoms with E-state index in [0.717, 1.165) is 10.9 Å². The van der Waals surface area contributed by atoms with Crippen LogP contribution in [0.25, 0.3) is 21.9 Å². The Hall–Kier alpha value is -2.43. The van der Waals surface area contributed by atoms with Gasteiger partial charge in [0, 0.05) is 18.0 Å². The topological polar surface area (TPSA) is 155 Å². The van der Waals surface area contributed by atoms with Crippen LogP contribution in [0.3, 0.4) is 0 Å². The Morgan fingerprint density at radius 1 is 1.08 bits per heavy atom. The standard InChI is InChI=1S/C17H20N4O5/c22-8-13(24)15(26)14(25)12(23)5-6-18-16-10-7-9-3-1-2-4-11(9)19-17(10)21-20-16/h1-4,6-7,12-15,22-26H,5,8H2,(H,19,20,21)/t12-,13+,14+,15+/m0/s1.